The highest BCUT2D eigenvalue weighted by Gasteiger charge is 2.11. The fourth-order valence-electron chi connectivity index (χ4n) is 1.77. The molecule has 6 heteroatoms. The molecule has 1 heterocycles. The van der Waals surface area contributed by atoms with E-state index < -0.39 is 11.9 Å². The third kappa shape index (κ3) is 4.53. The number of ether oxygens (including phenoxy) is 1. The van der Waals surface area contributed by atoms with Gasteiger partial charge in [-0.15, -0.1) is 11.3 Å². The van der Waals surface area contributed by atoms with Gasteiger partial charge in [0.25, 0.3) is 5.91 Å². The van der Waals surface area contributed by atoms with Crippen molar-refractivity contribution >= 4 is 35.0 Å². The largest absolute Gasteiger partial charge is 0.462 e. The summed E-state index contributed by atoms with van der Waals surface area (Å²) in [4.78, 5) is 24.5. The molecule has 0 radical (unpaired) electrons. The van der Waals surface area contributed by atoms with Crippen LogP contribution in [0.4, 0.5) is 5.69 Å². The maximum absolute atomic E-state index is 12.1. The van der Waals surface area contributed by atoms with Crippen molar-refractivity contribution in [3.05, 3.63) is 57.8 Å². The Labute approximate surface area is 137 Å². The molecule has 1 N–H and O–H groups in total. The van der Waals surface area contributed by atoms with E-state index in [1.807, 2.05) is 23.6 Å². The van der Waals surface area contributed by atoms with E-state index in [1.54, 1.807) is 31.2 Å². The number of esters is 1. The van der Waals surface area contributed by atoms with Crippen LogP contribution in [-0.2, 0) is 9.53 Å². The summed E-state index contributed by atoms with van der Waals surface area (Å²) in [5, 5.41) is 13.6. The molecule has 0 atom stereocenters. The first-order valence-corrected chi connectivity index (χ1v) is 7.76. The van der Waals surface area contributed by atoms with Crippen LogP contribution in [0.25, 0.3) is 6.08 Å². The van der Waals surface area contributed by atoms with E-state index in [9.17, 15) is 9.59 Å². The average Bonchev–Trinajstić information content (AvgIpc) is 3.06. The zero-order valence-electron chi connectivity index (χ0n) is 12.4. The van der Waals surface area contributed by atoms with Crippen molar-refractivity contribution in [3.63, 3.8) is 0 Å². The van der Waals surface area contributed by atoms with Gasteiger partial charge in [0.1, 0.15) is 11.6 Å². The van der Waals surface area contributed by atoms with Crippen molar-refractivity contribution < 1.29 is 14.3 Å². The Hall–Kier alpha value is -2.91. The van der Waals surface area contributed by atoms with Gasteiger partial charge < -0.3 is 10.1 Å². The molecule has 1 aromatic heterocycles. The minimum absolute atomic E-state index is 0.0157. The summed E-state index contributed by atoms with van der Waals surface area (Å²) in [6, 6.07) is 11.8. The van der Waals surface area contributed by atoms with Crippen LogP contribution < -0.4 is 5.32 Å². The number of hydrogen-bond donors (Lipinski definition) is 1. The van der Waals surface area contributed by atoms with Gasteiger partial charge in [-0.25, -0.2) is 4.79 Å². The third-order valence-corrected chi connectivity index (χ3v) is 3.67. The summed E-state index contributed by atoms with van der Waals surface area (Å²) in [6.07, 6.45) is 1.53. The van der Waals surface area contributed by atoms with Crippen LogP contribution in [0, 0.1) is 11.3 Å². The first kappa shape index (κ1) is 16.5. The van der Waals surface area contributed by atoms with Crippen LogP contribution in [0.2, 0.25) is 0 Å². The van der Waals surface area contributed by atoms with E-state index in [0.29, 0.717) is 17.9 Å². The Bertz CT molecular complexity index is 756. The number of rotatable bonds is 5. The number of nitriles is 1. The van der Waals surface area contributed by atoms with E-state index in [-0.39, 0.29) is 5.57 Å². The molecule has 116 valence electrons. The Morgan fingerprint density at radius 2 is 2.04 bits per heavy atom. The van der Waals surface area contributed by atoms with Crippen LogP contribution in [0.15, 0.2) is 47.4 Å². The van der Waals surface area contributed by atoms with Gasteiger partial charge in [0.2, 0.25) is 0 Å². The molecule has 5 nitrogen and oxygen atoms in total. The van der Waals surface area contributed by atoms with E-state index in [4.69, 9.17) is 10.00 Å². The maximum Gasteiger partial charge on any atom is 0.338 e. The van der Waals surface area contributed by atoms with E-state index in [2.05, 4.69) is 5.32 Å². The fourth-order valence-corrected chi connectivity index (χ4v) is 2.42. The minimum Gasteiger partial charge on any atom is -0.462 e. The Morgan fingerprint density at radius 1 is 1.30 bits per heavy atom. The standard InChI is InChI=1S/C17H14N2O3S/c1-2-22-17(21)12-5-7-14(8-6-12)19-16(20)13(11-18)10-15-4-3-9-23-15/h3-10H,2H2,1H3,(H,19,20)/b13-10-. The number of carbonyl (C=O) groups is 2. The molecule has 1 amide bonds. The third-order valence-electron chi connectivity index (χ3n) is 2.85. The van der Waals surface area contributed by atoms with Crippen LogP contribution in [-0.4, -0.2) is 18.5 Å². The molecular weight excluding hydrogens is 312 g/mol. The molecule has 1 aromatic carbocycles. The Kier molecular flexibility index (Phi) is 5.67. The number of nitrogens with one attached hydrogen (secondary N) is 1. The SMILES string of the molecule is CCOC(=O)c1ccc(NC(=O)/C(C#N)=C\c2cccs2)cc1. The predicted octanol–water partition coefficient (Wildman–Crippen LogP) is 3.47. The number of amides is 1. The number of thiophene rings is 1. The van der Waals surface area contributed by atoms with Crippen molar-refractivity contribution in [2.24, 2.45) is 0 Å². The first-order chi connectivity index (χ1) is 11.1. The predicted molar refractivity (Wildman–Crippen MR) is 88.9 cm³/mol. The van der Waals surface area contributed by atoms with E-state index in [1.165, 1.54) is 17.4 Å². The van der Waals surface area contributed by atoms with Crippen LogP contribution in [0.3, 0.4) is 0 Å². The second-order valence-corrected chi connectivity index (χ2v) is 5.42. The molecule has 0 saturated heterocycles. The first-order valence-electron chi connectivity index (χ1n) is 6.88. The normalized spacial score (nSPS) is 10.7. The smallest absolute Gasteiger partial charge is 0.338 e. The van der Waals surface area contributed by atoms with E-state index >= 15 is 0 Å². The van der Waals surface area contributed by atoms with Crippen LogP contribution in [0.1, 0.15) is 22.2 Å². The topological polar surface area (TPSA) is 79.2 Å². The van der Waals surface area contributed by atoms with Crippen LogP contribution >= 0.6 is 11.3 Å². The fraction of sp³-hybridized carbons (Fsp3) is 0.118. The van der Waals surface area contributed by atoms with Gasteiger partial charge in [0.15, 0.2) is 0 Å². The lowest BCUT2D eigenvalue weighted by molar-refractivity contribution is -0.112. The van der Waals surface area contributed by atoms with Gasteiger partial charge >= 0.3 is 5.97 Å². The molecule has 0 aliphatic carbocycles. The highest BCUT2D eigenvalue weighted by Crippen LogP contribution is 2.15. The van der Waals surface area contributed by atoms with Crippen molar-refractivity contribution in [3.8, 4) is 6.07 Å². The van der Waals surface area contributed by atoms with E-state index in [0.717, 1.165) is 4.88 Å². The molecular formula is C17H14N2O3S. The maximum atomic E-state index is 12.1. The second kappa shape index (κ2) is 7.92. The minimum atomic E-state index is -0.496. The van der Waals surface area contributed by atoms with Crippen molar-refractivity contribution in [2.75, 3.05) is 11.9 Å². The highest BCUT2D eigenvalue weighted by molar-refractivity contribution is 7.10. The molecule has 0 aliphatic rings. The Morgan fingerprint density at radius 3 is 2.61 bits per heavy atom. The molecule has 0 unspecified atom stereocenters. The van der Waals surface area contributed by atoms with Gasteiger partial charge in [-0.1, -0.05) is 6.07 Å². The number of carbonyl (C=O) groups excluding carboxylic acids is 2. The molecule has 0 spiro atoms. The lowest BCUT2D eigenvalue weighted by atomic mass is 10.2. The van der Waals surface area contributed by atoms with Gasteiger partial charge in [0.05, 0.1) is 12.2 Å². The van der Waals surface area contributed by atoms with Crippen LogP contribution in [0.5, 0.6) is 0 Å². The molecule has 2 rings (SSSR count). The lowest BCUT2D eigenvalue weighted by Gasteiger charge is -2.06. The van der Waals surface area contributed by atoms with Crippen molar-refractivity contribution in [1.29, 1.82) is 5.26 Å². The average molecular weight is 326 g/mol. The van der Waals surface area contributed by atoms with Gasteiger partial charge in [-0.2, -0.15) is 5.26 Å². The number of benzene rings is 1. The van der Waals surface area contributed by atoms with Gasteiger partial charge in [-0.3, -0.25) is 4.79 Å². The second-order valence-electron chi connectivity index (χ2n) is 4.44. The monoisotopic (exact) mass is 326 g/mol. The summed E-state index contributed by atoms with van der Waals surface area (Å²) < 4.78 is 4.89. The quantitative estimate of drug-likeness (QED) is 0.518. The molecule has 23 heavy (non-hydrogen) atoms. The zero-order chi connectivity index (χ0) is 16.7. The summed E-state index contributed by atoms with van der Waals surface area (Å²) in [5.74, 6) is -0.912. The van der Waals surface area contributed by atoms with Gasteiger partial charge in [-0.05, 0) is 48.7 Å². The van der Waals surface area contributed by atoms with Gasteiger partial charge in [0, 0.05) is 10.6 Å². The highest BCUT2D eigenvalue weighted by atomic mass is 32.1. The number of anilines is 1. The molecule has 0 fully saturated rings. The molecule has 0 aliphatic heterocycles. The van der Waals surface area contributed by atoms with Crippen molar-refractivity contribution in [1.82, 2.24) is 0 Å². The molecule has 2 aromatic rings. The number of nitrogens with zero attached hydrogens (tertiary/aromatic N) is 1. The number of hydrogen-bond acceptors (Lipinski definition) is 5. The van der Waals surface area contributed by atoms with Crippen molar-refractivity contribution in [2.45, 2.75) is 6.92 Å². The lowest BCUT2D eigenvalue weighted by Crippen LogP contribution is -2.13. The molecule has 0 bridgehead atoms. The summed E-state index contributed by atoms with van der Waals surface area (Å²) in [6.45, 7) is 2.03. The molecule has 0 saturated carbocycles. The Balaban J connectivity index is 2.08. The summed E-state index contributed by atoms with van der Waals surface area (Å²) >= 11 is 1.44. The zero-order valence-corrected chi connectivity index (χ0v) is 13.2. The summed E-state index contributed by atoms with van der Waals surface area (Å²) in [5.41, 5.74) is 0.914. The summed E-state index contributed by atoms with van der Waals surface area (Å²) in [7, 11) is 0.